The monoisotopic (exact) mass is 540 g/mol. The molecule has 2 aromatic rings. The summed E-state index contributed by atoms with van der Waals surface area (Å²) in [6, 6.07) is 5.65. The van der Waals surface area contributed by atoms with Gasteiger partial charge in [-0.1, -0.05) is 11.6 Å². The van der Waals surface area contributed by atoms with Crippen molar-refractivity contribution in [2.75, 3.05) is 38.5 Å². The summed E-state index contributed by atoms with van der Waals surface area (Å²) >= 11 is 6.49. The van der Waals surface area contributed by atoms with E-state index in [9.17, 15) is 5.11 Å². The van der Waals surface area contributed by atoms with Gasteiger partial charge < -0.3 is 35.7 Å². The zero-order valence-corrected chi connectivity index (χ0v) is 22.9. The van der Waals surface area contributed by atoms with E-state index in [1.807, 2.05) is 19.9 Å². The summed E-state index contributed by atoms with van der Waals surface area (Å²) in [7, 11) is 3.14. The van der Waals surface area contributed by atoms with E-state index in [-0.39, 0.29) is 10.7 Å². The number of aliphatic imine (C=N–C) groups is 1. The summed E-state index contributed by atoms with van der Waals surface area (Å²) in [5, 5.41) is 16.6. The van der Waals surface area contributed by atoms with E-state index in [0.29, 0.717) is 41.7 Å². The number of halogens is 3. The molecule has 2 aromatic carbocycles. The Morgan fingerprint density at radius 1 is 1.16 bits per heavy atom. The molecule has 5 N–H and O–H groups in total. The van der Waals surface area contributed by atoms with Crippen molar-refractivity contribution in [3.63, 3.8) is 0 Å². The number of nitrogens with two attached hydrogens (primary N) is 1. The largest absolute Gasteiger partial charge is 0.493 e. The van der Waals surface area contributed by atoms with Gasteiger partial charge in [-0.2, -0.15) is 8.78 Å². The number of methoxy groups -OCH3 is 2. The van der Waals surface area contributed by atoms with Crippen molar-refractivity contribution in [3.8, 4) is 11.5 Å². The SMILES string of the molecule is COCCOc1cc2c(cc1OC)NC(C)(C)N=C2NC(C)c1cc(N)cc(C(F)(F)C(C)(C)O)c1Cl. The van der Waals surface area contributed by atoms with E-state index < -0.39 is 28.8 Å². The van der Waals surface area contributed by atoms with Gasteiger partial charge in [0.1, 0.15) is 23.7 Å². The third-order valence-corrected chi connectivity index (χ3v) is 6.41. The number of alkyl halides is 2. The molecule has 0 spiro atoms. The molecule has 1 aliphatic rings. The molecule has 0 radical (unpaired) electrons. The van der Waals surface area contributed by atoms with Crippen LogP contribution in [-0.2, 0) is 10.7 Å². The van der Waals surface area contributed by atoms with Crippen molar-refractivity contribution in [2.24, 2.45) is 4.99 Å². The fraction of sp³-hybridized carbons (Fsp3) is 0.500. The van der Waals surface area contributed by atoms with Gasteiger partial charge >= 0.3 is 5.92 Å². The molecular formula is C26H35ClF2N4O4. The molecule has 1 aliphatic heterocycles. The average Bonchev–Trinajstić information content (AvgIpc) is 2.78. The van der Waals surface area contributed by atoms with Crippen LogP contribution in [0.3, 0.4) is 0 Å². The summed E-state index contributed by atoms with van der Waals surface area (Å²) in [5.41, 5.74) is 4.29. The fourth-order valence-electron chi connectivity index (χ4n) is 4.00. The van der Waals surface area contributed by atoms with Crippen LogP contribution < -0.4 is 25.8 Å². The number of fused-ring (bicyclic) bond motifs is 1. The number of nitrogens with one attached hydrogen (secondary N) is 2. The molecule has 0 bridgehead atoms. The van der Waals surface area contributed by atoms with Crippen LogP contribution in [0.15, 0.2) is 29.3 Å². The number of anilines is 2. The van der Waals surface area contributed by atoms with Crippen molar-refractivity contribution in [1.82, 2.24) is 5.32 Å². The maximum Gasteiger partial charge on any atom is 0.302 e. The molecule has 0 amide bonds. The quantitative estimate of drug-likeness (QED) is 0.259. The minimum atomic E-state index is -3.64. The molecule has 0 saturated carbocycles. The lowest BCUT2D eigenvalue weighted by Crippen LogP contribution is -2.41. The summed E-state index contributed by atoms with van der Waals surface area (Å²) in [6.45, 7) is 8.32. The van der Waals surface area contributed by atoms with Crippen LogP contribution >= 0.6 is 11.6 Å². The number of aliphatic hydroxyl groups is 1. The molecule has 0 saturated heterocycles. The third kappa shape index (κ3) is 6.02. The maximum absolute atomic E-state index is 15.1. The Morgan fingerprint density at radius 2 is 1.84 bits per heavy atom. The number of benzene rings is 2. The normalized spacial score (nSPS) is 15.8. The van der Waals surface area contributed by atoms with Crippen LogP contribution in [0.5, 0.6) is 11.5 Å². The highest BCUT2D eigenvalue weighted by atomic mass is 35.5. The third-order valence-electron chi connectivity index (χ3n) is 5.99. The van der Waals surface area contributed by atoms with E-state index >= 15 is 8.78 Å². The molecule has 11 heteroatoms. The molecule has 1 unspecified atom stereocenters. The number of nitrogen functional groups attached to an aromatic ring is 1. The van der Waals surface area contributed by atoms with E-state index in [2.05, 4.69) is 10.6 Å². The first-order valence-electron chi connectivity index (χ1n) is 11.8. The molecule has 204 valence electrons. The van der Waals surface area contributed by atoms with Crippen molar-refractivity contribution >= 4 is 28.8 Å². The predicted octanol–water partition coefficient (Wildman–Crippen LogP) is 5.08. The molecule has 0 aliphatic carbocycles. The minimum absolute atomic E-state index is 0.0959. The number of hydrogen-bond acceptors (Lipinski definition) is 8. The Morgan fingerprint density at radius 3 is 2.43 bits per heavy atom. The lowest BCUT2D eigenvalue weighted by molar-refractivity contribution is -0.168. The lowest BCUT2D eigenvalue weighted by atomic mass is 9.90. The van der Waals surface area contributed by atoms with Crippen LogP contribution in [0.2, 0.25) is 5.02 Å². The van der Waals surface area contributed by atoms with Gasteiger partial charge in [0.15, 0.2) is 11.5 Å². The Labute approximate surface area is 221 Å². The first-order chi connectivity index (χ1) is 17.1. The molecule has 1 heterocycles. The van der Waals surface area contributed by atoms with Crippen LogP contribution in [0.4, 0.5) is 20.2 Å². The molecule has 0 fully saturated rings. The number of ether oxygens (including phenoxy) is 3. The van der Waals surface area contributed by atoms with Gasteiger partial charge in [0, 0.05) is 30.0 Å². The number of nitrogens with zero attached hydrogens (tertiary/aromatic N) is 1. The van der Waals surface area contributed by atoms with Gasteiger partial charge in [-0.3, -0.25) is 0 Å². The molecule has 3 rings (SSSR count). The highest BCUT2D eigenvalue weighted by Gasteiger charge is 2.49. The molecule has 8 nitrogen and oxygen atoms in total. The summed E-state index contributed by atoms with van der Waals surface area (Å²) in [5.74, 6) is -2.11. The summed E-state index contributed by atoms with van der Waals surface area (Å²) in [4.78, 5) is 4.79. The predicted molar refractivity (Wildman–Crippen MR) is 142 cm³/mol. The second-order valence-corrected chi connectivity index (χ2v) is 10.4. The van der Waals surface area contributed by atoms with Crippen LogP contribution in [0, 0.1) is 0 Å². The Balaban J connectivity index is 2.04. The van der Waals surface area contributed by atoms with E-state index in [0.717, 1.165) is 25.6 Å². The molecular weight excluding hydrogens is 506 g/mol. The topological polar surface area (TPSA) is 110 Å². The first-order valence-corrected chi connectivity index (χ1v) is 12.2. The van der Waals surface area contributed by atoms with E-state index in [4.69, 9.17) is 36.5 Å². The van der Waals surface area contributed by atoms with Gasteiger partial charge in [0.2, 0.25) is 0 Å². The average molecular weight is 541 g/mol. The lowest BCUT2D eigenvalue weighted by Gasteiger charge is -2.34. The first kappa shape index (κ1) is 28.7. The smallest absolute Gasteiger partial charge is 0.302 e. The fourth-order valence-corrected chi connectivity index (χ4v) is 4.39. The zero-order valence-electron chi connectivity index (χ0n) is 22.1. The maximum atomic E-state index is 15.1. The minimum Gasteiger partial charge on any atom is -0.493 e. The van der Waals surface area contributed by atoms with E-state index in [1.54, 1.807) is 27.2 Å². The second kappa shape index (κ2) is 10.5. The Hall–Kier alpha value is -2.82. The van der Waals surface area contributed by atoms with Gasteiger partial charge in [-0.05, 0) is 58.4 Å². The number of rotatable bonds is 9. The molecule has 1 atom stereocenters. The van der Waals surface area contributed by atoms with Gasteiger partial charge in [-0.25, -0.2) is 4.99 Å². The van der Waals surface area contributed by atoms with Crippen molar-refractivity contribution in [3.05, 3.63) is 46.0 Å². The Kier molecular flexibility index (Phi) is 8.16. The standard InChI is InChI=1S/C26H35ClF2N4O4/c1-14(16-10-15(30)11-18(22(16)27)26(28,29)24(2,3)34)31-23-17-12-21(37-9-8-35-6)20(36-7)13-19(17)32-25(4,5)33-23/h10-14,32,34H,8-9,30H2,1-7H3,(H,31,33). The van der Waals surface area contributed by atoms with Crippen LogP contribution in [-0.4, -0.2) is 49.6 Å². The zero-order chi connectivity index (χ0) is 27.8. The van der Waals surface area contributed by atoms with Gasteiger partial charge in [0.05, 0.1) is 30.5 Å². The molecule has 37 heavy (non-hydrogen) atoms. The van der Waals surface area contributed by atoms with Gasteiger partial charge in [-0.15, -0.1) is 0 Å². The van der Waals surface area contributed by atoms with Crippen molar-refractivity contribution in [1.29, 1.82) is 0 Å². The van der Waals surface area contributed by atoms with Crippen LogP contribution in [0.25, 0.3) is 0 Å². The second-order valence-electron chi connectivity index (χ2n) is 10.0. The number of amidine groups is 1. The molecule has 0 aromatic heterocycles. The summed E-state index contributed by atoms with van der Waals surface area (Å²) in [6.07, 6.45) is 0. The Bertz CT molecular complexity index is 1180. The van der Waals surface area contributed by atoms with E-state index in [1.165, 1.54) is 6.07 Å². The highest BCUT2D eigenvalue weighted by Crippen LogP contribution is 2.45. The van der Waals surface area contributed by atoms with Crippen molar-refractivity contribution < 1.29 is 28.1 Å². The van der Waals surface area contributed by atoms with Gasteiger partial charge in [0.25, 0.3) is 0 Å². The van der Waals surface area contributed by atoms with Crippen LogP contribution in [0.1, 0.15) is 57.4 Å². The summed E-state index contributed by atoms with van der Waals surface area (Å²) < 4.78 is 46.6. The van der Waals surface area contributed by atoms with Crippen molar-refractivity contribution in [2.45, 2.75) is 57.8 Å². The highest BCUT2D eigenvalue weighted by molar-refractivity contribution is 6.32. The number of hydrogen-bond donors (Lipinski definition) is 4.